The molecule has 10 nitrogen and oxygen atoms in total. The number of alkyl halides is 3. The molecule has 4 N–H and O–H groups in total. The van der Waals surface area contributed by atoms with Crippen LogP contribution in [0.15, 0.2) is 90.0 Å². The fourth-order valence-electron chi connectivity index (χ4n) is 3.28. The molecule has 0 aliphatic heterocycles. The molecule has 0 bridgehead atoms. The second kappa shape index (κ2) is 14.0. The van der Waals surface area contributed by atoms with E-state index in [-0.39, 0.29) is 17.1 Å². The van der Waals surface area contributed by atoms with Gasteiger partial charge in [0.15, 0.2) is 5.69 Å². The van der Waals surface area contributed by atoms with Gasteiger partial charge in [0.2, 0.25) is 10.0 Å². The average molecular weight is 637 g/mol. The number of aromatic nitrogens is 1. The lowest BCUT2D eigenvalue weighted by molar-refractivity contribution is -0.137. The van der Waals surface area contributed by atoms with Crippen molar-refractivity contribution in [3.8, 4) is 11.5 Å². The van der Waals surface area contributed by atoms with Crippen molar-refractivity contribution in [2.24, 2.45) is 0 Å². The van der Waals surface area contributed by atoms with Gasteiger partial charge < -0.3 is 20.5 Å². The van der Waals surface area contributed by atoms with Gasteiger partial charge in [0.25, 0.3) is 0 Å². The highest BCUT2D eigenvalue weighted by Gasteiger charge is 2.33. The van der Waals surface area contributed by atoms with Crippen LogP contribution in [0, 0.1) is 6.92 Å². The SMILES string of the molecule is CNS(=O)(=O)c1ccc(C)cc1.O=C(Nc1ccc(Oc2ccnc(C(=O)O)c2)cc1)Nc1ccc(Cl)c(C(F)(F)F)c1. The summed E-state index contributed by atoms with van der Waals surface area (Å²) in [7, 11) is -1.87. The molecule has 4 rings (SSSR count). The molecule has 0 spiro atoms. The number of carbonyl (C=O) groups is 2. The Morgan fingerprint density at radius 3 is 2.07 bits per heavy atom. The van der Waals surface area contributed by atoms with Crippen LogP contribution >= 0.6 is 11.6 Å². The monoisotopic (exact) mass is 636 g/mol. The fourth-order valence-corrected chi connectivity index (χ4v) is 4.24. The minimum Gasteiger partial charge on any atom is -0.477 e. The van der Waals surface area contributed by atoms with E-state index in [0.29, 0.717) is 16.3 Å². The third-order valence-electron chi connectivity index (χ3n) is 5.43. The maximum absolute atomic E-state index is 12.9. The molecule has 0 radical (unpaired) electrons. The Morgan fingerprint density at radius 1 is 0.884 bits per heavy atom. The number of carboxylic acid groups (broad SMARTS) is 1. The molecule has 226 valence electrons. The van der Waals surface area contributed by atoms with Gasteiger partial charge in [-0.25, -0.2) is 27.7 Å². The molecular weight excluding hydrogens is 613 g/mol. The van der Waals surface area contributed by atoms with Crippen molar-refractivity contribution in [2.45, 2.75) is 18.0 Å². The number of hydrogen-bond acceptors (Lipinski definition) is 6. The van der Waals surface area contributed by atoms with Crippen LogP contribution in [0.4, 0.5) is 29.3 Å². The average Bonchev–Trinajstić information content (AvgIpc) is 2.95. The molecule has 43 heavy (non-hydrogen) atoms. The first-order chi connectivity index (χ1) is 20.2. The van der Waals surface area contributed by atoms with Gasteiger partial charge in [-0.05, 0) is 74.6 Å². The predicted molar refractivity (Wildman–Crippen MR) is 154 cm³/mol. The lowest BCUT2D eigenvalue weighted by atomic mass is 10.2. The maximum atomic E-state index is 12.9. The van der Waals surface area contributed by atoms with Crippen LogP contribution in [-0.4, -0.2) is 37.6 Å². The Morgan fingerprint density at radius 2 is 1.49 bits per heavy atom. The number of carbonyl (C=O) groups excluding carboxylic acids is 1. The van der Waals surface area contributed by atoms with E-state index in [4.69, 9.17) is 21.4 Å². The number of hydrogen-bond donors (Lipinski definition) is 4. The zero-order valence-corrected chi connectivity index (χ0v) is 24.0. The second-order valence-corrected chi connectivity index (χ2v) is 10.9. The number of anilines is 2. The number of amides is 2. The van der Waals surface area contributed by atoms with Gasteiger partial charge in [0, 0.05) is 23.6 Å². The summed E-state index contributed by atoms with van der Waals surface area (Å²) in [5.41, 5.74) is 0.0703. The normalized spacial score (nSPS) is 11.1. The topological polar surface area (TPSA) is 147 Å². The van der Waals surface area contributed by atoms with Crippen LogP contribution in [0.25, 0.3) is 0 Å². The summed E-state index contributed by atoms with van der Waals surface area (Å²) in [5.74, 6) is -0.575. The minimum atomic E-state index is -4.65. The molecule has 0 saturated heterocycles. The molecule has 3 aromatic carbocycles. The number of aryl methyl sites for hydroxylation is 1. The van der Waals surface area contributed by atoms with Gasteiger partial charge in [0.05, 0.1) is 15.5 Å². The summed E-state index contributed by atoms with van der Waals surface area (Å²) in [6.45, 7) is 1.91. The Kier molecular flexibility index (Phi) is 10.7. The number of aromatic carboxylic acids is 1. The van der Waals surface area contributed by atoms with E-state index in [0.717, 1.165) is 17.7 Å². The third kappa shape index (κ3) is 9.70. The van der Waals surface area contributed by atoms with Crippen LogP contribution in [0.1, 0.15) is 21.6 Å². The molecule has 2 amide bonds. The smallest absolute Gasteiger partial charge is 0.417 e. The summed E-state index contributed by atoms with van der Waals surface area (Å²) < 4.78 is 68.9. The molecule has 0 fully saturated rings. The highest BCUT2D eigenvalue weighted by molar-refractivity contribution is 7.89. The summed E-state index contributed by atoms with van der Waals surface area (Å²) in [5, 5.41) is 13.2. The molecule has 0 unspecified atom stereocenters. The molecule has 0 atom stereocenters. The van der Waals surface area contributed by atoms with Crippen LogP contribution < -0.4 is 20.1 Å². The largest absolute Gasteiger partial charge is 0.477 e. The van der Waals surface area contributed by atoms with Crippen LogP contribution in [0.3, 0.4) is 0 Å². The lowest BCUT2D eigenvalue weighted by Gasteiger charge is -2.12. The second-order valence-electron chi connectivity index (χ2n) is 8.60. The maximum Gasteiger partial charge on any atom is 0.417 e. The Hall–Kier alpha value is -4.66. The highest BCUT2D eigenvalue weighted by atomic mass is 35.5. The van der Waals surface area contributed by atoms with Gasteiger partial charge in [-0.3, -0.25) is 0 Å². The molecule has 1 heterocycles. The number of nitrogens with zero attached hydrogens (tertiary/aromatic N) is 1. The van der Waals surface area contributed by atoms with Crippen molar-refractivity contribution >= 4 is 45.0 Å². The predicted octanol–water partition coefficient (Wildman–Crippen LogP) is 6.79. The van der Waals surface area contributed by atoms with Crippen molar-refractivity contribution in [3.05, 3.63) is 107 Å². The molecule has 15 heteroatoms. The summed E-state index contributed by atoms with van der Waals surface area (Å²) in [6.07, 6.45) is -3.36. The molecule has 0 aliphatic rings. The molecule has 1 aromatic heterocycles. The Labute approximate surface area is 249 Å². The van der Waals surface area contributed by atoms with Gasteiger partial charge in [-0.15, -0.1) is 0 Å². The van der Waals surface area contributed by atoms with E-state index in [9.17, 15) is 31.2 Å². The Balaban J connectivity index is 0.000000353. The number of urea groups is 1. The quantitative estimate of drug-likeness (QED) is 0.175. The molecular formula is C28H24ClF3N4O6S. The number of sulfonamides is 1. The van der Waals surface area contributed by atoms with Crippen LogP contribution in [0.5, 0.6) is 11.5 Å². The van der Waals surface area contributed by atoms with E-state index in [1.54, 1.807) is 24.3 Å². The van der Waals surface area contributed by atoms with Crippen LogP contribution in [-0.2, 0) is 16.2 Å². The number of halogens is 4. The summed E-state index contributed by atoms with van der Waals surface area (Å²) in [4.78, 5) is 27.0. The van der Waals surface area contributed by atoms with E-state index < -0.39 is 38.8 Å². The number of rotatable bonds is 7. The highest BCUT2D eigenvalue weighted by Crippen LogP contribution is 2.36. The standard InChI is InChI=1S/C20H13ClF3N3O4.C8H11NO2S/c21-16-6-3-12(9-15(16)20(22,23)24)27-19(30)26-11-1-4-13(5-2-11)31-14-7-8-25-17(10-14)18(28)29;1-7-3-5-8(6-4-7)12(10,11)9-2/h1-10H,(H,28,29)(H2,26,27,30);3-6,9H,1-2H3. The van der Waals surface area contributed by atoms with E-state index >= 15 is 0 Å². The van der Waals surface area contributed by atoms with Gasteiger partial charge in [-0.2, -0.15) is 13.2 Å². The zero-order valence-electron chi connectivity index (χ0n) is 22.4. The first-order valence-electron chi connectivity index (χ1n) is 12.1. The number of ether oxygens (including phenoxy) is 1. The zero-order chi connectivity index (χ0) is 31.8. The van der Waals surface area contributed by atoms with E-state index in [1.165, 1.54) is 55.7 Å². The van der Waals surface area contributed by atoms with Crippen molar-refractivity contribution in [1.29, 1.82) is 0 Å². The number of nitrogens with one attached hydrogen (secondary N) is 3. The molecule has 4 aromatic rings. The van der Waals surface area contributed by atoms with Crippen molar-refractivity contribution in [2.75, 3.05) is 17.7 Å². The van der Waals surface area contributed by atoms with Crippen molar-refractivity contribution < 1.29 is 41.0 Å². The van der Waals surface area contributed by atoms with Crippen LogP contribution in [0.2, 0.25) is 5.02 Å². The first-order valence-corrected chi connectivity index (χ1v) is 14.0. The van der Waals surface area contributed by atoms with Gasteiger partial charge in [-0.1, -0.05) is 29.3 Å². The Bertz CT molecular complexity index is 1700. The van der Waals surface area contributed by atoms with E-state index in [1.807, 2.05) is 6.92 Å². The van der Waals surface area contributed by atoms with Gasteiger partial charge in [0.1, 0.15) is 11.5 Å². The van der Waals surface area contributed by atoms with Gasteiger partial charge >= 0.3 is 18.2 Å². The van der Waals surface area contributed by atoms with E-state index in [2.05, 4.69) is 20.3 Å². The van der Waals surface area contributed by atoms with Crippen molar-refractivity contribution in [1.82, 2.24) is 9.71 Å². The molecule has 0 aliphatic carbocycles. The molecule has 0 saturated carbocycles. The lowest BCUT2D eigenvalue weighted by Crippen LogP contribution is -2.19. The third-order valence-corrected chi connectivity index (χ3v) is 7.19. The minimum absolute atomic E-state index is 0.0823. The number of pyridine rings is 1. The number of carboxylic acids is 1. The number of benzene rings is 3. The summed E-state index contributed by atoms with van der Waals surface area (Å²) in [6, 6.07) is 17.7. The summed E-state index contributed by atoms with van der Waals surface area (Å²) >= 11 is 5.55. The van der Waals surface area contributed by atoms with Crippen molar-refractivity contribution in [3.63, 3.8) is 0 Å². The first kappa shape index (κ1) is 32.8. The fraction of sp³-hybridized carbons (Fsp3) is 0.107.